The van der Waals surface area contributed by atoms with Crippen LogP contribution in [0.2, 0.25) is 0 Å². The first-order valence-corrected chi connectivity index (χ1v) is 7.38. The number of methoxy groups -OCH3 is 1. The summed E-state index contributed by atoms with van der Waals surface area (Å²) in [6.07, 6.45) is 2.82. The van der Waals surface area contributed by atoms with E-state index in [1.807, 2.05) is 29.8 Å². The van der Waals surface area contributed by atoms with Crippen LogP contribution in [0.15, 0.2) is 34.2 Å². The average Bonchev–Trinajstić information content (AvgIpc) is 2.89. The molecule has 2 aromatic rings. The first kappa shape index (κ1) is 13.5. The molecule has 1 aromatic heterocycles. The molecule has 0 unspecified atom stereocenters. The van der Waals surface area contributed by atoms with Gasteiger partial charge in [-0.2, -0.15) is 0 Å². The number of hydrogen-bond donors (Lipinski definition) is 1. The van der Waals surface area contributed by atoms with Crippen molar-refractivity contribution in [2.24, 2.45) is 0 Å². The van der Waals surface area contributed by atoms with Gasteiger partial charge in [0.15, 0.2) is 0 Å². The molecule has 5 heteroatoms. The van der Waals surface area contributed by atoms with Gasteiger partial charge >= 0.3 is 0 Å². The molecule has 3 nitrogen and oxygen atoms in total. The number of nitrogens with zero attached hydrogens (tertiary/aromatic N) is 1. The van der Waals surface area contributed by atoms with Crippen molar-refractivity contribution < 1.29 is 4.74 Å². The molecule has 0 atom stereocenters. The Kier molecular flexibility index (Phi) is 5.16. The highest BCUT2D eigenvalue weighted by molar-refractivity contribution is 9.10. The molecule has 0 aliphatic carbocycles. The van der Waals surface area contributed by atoms with Gasteiger partial charge in [0.2, 0.25) is 0 Å². The number of rotatable bonds is 6. The summed E-state index contributed by atoms with van der Waals surface area (Å²) in [4.78, 5) is 4.25. The Hall–Kier alpha value is -0.910. The molecule has 0 fully saturated rings. The second-order valence-electron chi connectivity index (χ2n) is 3.81. The Bertz CT molecular complexity index is 488. The fourth-order valence-corrected chi connectivity index (χ4v) is 2.62. The van der Waals surface area contributed by atoms with E-state index in [1.165, 1.54) is 10.6 Å². The van der Waals surface area contributed by atoms with E-state index in [-0.39, 0.29) is 0 Å². The summed E-state index contributed by atoms with van der Waals surface area (Å²) >= 11 is 5.24. The number of hydrogen-bond acceptors (Lipinski definition) is 4. The summed E-state index contributed by atoms with van der Waals surface area (Å²) in [7, 11) is 1.68. The van der Waals surface area contributed by atoms with Crippen LogP contribution in [0.5, 0.6) is 5.75 Å². The van der Waals surface area contributed by atoms with Crippen molar-refractivity contribution in [1.82, 2.24) is 10.3 Å². The van der Waals surface area contributed by atoms with Crippen molar-refractivity contribution in [3.8, 4) is 5.75 Å². The van der Waals surface area contributed by atoms with E-state index < -0.39 is 0 Å². The molecule has 1 aromatic carbocycles. The van der Waals surface area contributed by atoms with Crippen LogP contribution in [0, 0.1) is 0 Å². The Morgan fingerprint density at radius 1 is 1.44 bits per heavy atom. The smallest absolute Gasteiger partial charge is 0.119 e. The molecular formula is C13H15BrN2OS. The molecule has 2 rings (SSSR count). The number of halogens is 1. The largest absolute Gasteiger partial charge is 0.497 e. The van der Waals surface area contributed by atoms with Crippen LogP contribution in [0.1, 0.15) is 10.6 Å². The molecule has 0 bridgehead atoms. The van der Waals surface area contributed by atoms with Gasteiger partial charge in [0.25, 0.3) is 0 Å². The molecule has 0 aliphatic rings. The highest BCUT2D eigenvalue weighted by atomic mass is 79.9. The highest BCUT2D eigenvalue weighted by Gasteiger charge is 2.02. The van der Waals surface area contributed by atoms with Gasteiger partial charge in [0.05, 0.1) is 12.1 Å². The number of thiazole rings is 1. The SMILES string of the molecule is COc1ccc(Br)c(CNCCc2nccs2)c1. The van der Waals surface area contributed by atoms with E-state index in [0.717, 1.165) is 29.7 Å². The van der Waals surface area contributed by atoms with Crippen LogP contribution >= 0.6 is 27.3 Å². The monoisotopic (exact) mass is 326 g/mol. The van der Waals surface area contributed by atoms with Crippen LogP contribution in [0.3, 0.4) is 0 Å². The van der Waals surface area contributed by atoms with Gasteiger partial charge in [-0.25, -0.2) is 4.98 Å². The predicted molar refractivity (Wildman–Crippen MR) is 78.2 cm³/mol. The number of aromatic nitrogens is 1. The maximum absolute atomic E-state index is 5.22. The second-order valence-corrected chi connectivity index (χ2v) is 5.64. The lowest BCUT2D eigenvalue weighted by Gasteiger charge is -2.08. The van der Waals surface area contributed by atoms with Gasteiger partial charge < -0.3 is 10.1 Å². The van der Waals surface area contributed by atoms with Crippen molar-refractivity contribution in [2.45, 2.75) is 13.0 Å². The van der Waals surface area contributed by atoms with Crippen molar-refractivity contribution in [3.63, 3.8) is 0 Å². The summed E-state index contributed by atoms with van der Waals surface area (Å²) in [6.45, 7) is 1.75. The van der Waals surface area contributed by atoms with E-state index in [0.29, 0.717) is 0 Å². The maximum atomic E-state index is 5.22. The van der Waals surface area contributed by atoms with Crippen LogP contribution < -0.4 is 10.1 Å². The third-order valence-corrected chi connectivity index (χ3v) is 4.18. The molecule has 96 valence electrons. The fourth-order valence-electron chi connectivity index (χ4n) is 1.61. The van der Waals surface area contributed by atoms with Gasteiger partial charge in [0, 0.05) is 35.6 Å². The molecule has 0 aliphatic heterocycles. The van der Waals surface area contributed by atoms with Crippen LogP contribution in [-0.2, 0) is 13.0 Å². The maximum Gasteiger partial charge on any atom is 0.119 e. The minimum atomic E-state index is 0.823. The van der Waals surface area contributed by atoms with Crippen molar-refractivity contribution in [3.05, 3.63) is 44.8 Å². The van der Waals surface area contributed by atoms with E-state index in [2.05, 4.69) is 26.2 Å². The van der Waals surface area contributed by atoms with Gasteiger partial charge in [-0.3, -0.25) is 0 Å². The highest BCUT2D eigenvalue weighted by Crippen LogP contribution is 2.22. The number of benzene rings is 1. The lowest BCUT2D eigenvalue weighted by atomic mass is 10.2. The van der Waals surface area contributed by atoms with Gasteiger partial charge in [0.1, 0.15) is 5.75 Å². The minimum absolute atomic E-state index is 0.823. The van der Waals surface area contributed by atoms with Crippen molar-refractivity contribution >= 4 is 27.3 Å². The fraction of sp³-hybridized carbons (Fsp3) is 0.308. The molecule has 0 saturated heterocycles. The van der Waals surface area contributed by atoms with Crippen LogP contribution in [0.4, 0.5) is 0 Å². The molecule has 18 heavy (non-hydrogen) atoms. The Balaban J connectivity index is 1.82. The van der Waals surface area contributed by atoms with Crippen LogP contribution in [-0.4, -0.2) is 18.6 Å². The average molecular weight is 327 g/mol. The quantitative estimate of drug-likeness (QED) is 0.827. The van der Waals surface area contributed by atoms with E-state index in [4.69, 9.17) is 4.74 Å². The van der Waals surface area contributed by atoms with E-state index in [1.54, 1.807) is 18.4 Å². The third-order valence-electron chi connectivity index (χ3n) is 2.57. The lowest BCUT2D eigenvalue weighted by molar-refractivity contribution is 0.414. The zero-order chi connectivity index (χ0) is 12.8. The minimum Gasteiger partial charge on any atom is -0.497 e. The summed E-state index contributed by atoms with van der Waals surface area (Å²) in [6, 6.07) is 6.00. The number of nitrogens with one attached hydrogen (secondary N) is 1. The lowest BCUT2D eigenvalue weighted by Crippen LogP contribution is -2.16. The van der Waals surface area contributed by atoms with Crippen molar-refractivity contribution in [1.29, 1.82) is 0 Å². The Morgan fingerprint density at radius 3 is 3.06 bits per heavy atom. The Morgan fingerprint density at radius 2 is 2.33 bits per heavy atom. The molecule has 1 N–H and O–H groups in total. The summed E-state index contributed by atoms with van der Waals surface area (Å²) in [5.74, 6) is 0.884. The van der Waals surface area contributed by atoms with Gasteiger partial charge in [-0.1, -0.05) is 15.9 Å². The first-order chi connectivity index (χ1) is 8.79. The van der Waals surface area contributed by atoms with Gasteiger partial charge in [-0.15, -0.1) is 11.3 Å². The van der Waals surface area contributed by atoms with E-state index >= 15 is 0 Å². The predicted octanol–water partition coefficient (Wildman–Crippen LogP) is 3.25. The van der Waals surface area contributed by atoms with Gasteiger partial charge in [-0.05, 0) is 23.8 Å². The summed E-state index contributed by atoms with van der Waals surface area (Å²) in [5, 5.41) is 6.59. The standard InChI is InChI=1S/C13H15BrN2OS/c1-17-11-2-3-12(14)10(8-11)9-15-5-4-13-16-6-7-18-13/h2-3,6-8,15H,4-5,9H2,1H3. The Labute approximate surface area is 119 Å². The van der Waals surface area contributed by atoms with Crippen molar-refractivity contribution in [2.75, 3.05) is 13.7 Å². The summed E-state index contributed by atoms with van der Waals surface area (Å²) < 4.78 is 6.32. The molecule has 0 saturated carbocycles. The first-order valence-electron chi connectivity index (χ1n) is 5.71. The zero-order valence-corrected chi connectivity index (χ0v) is 12.6. The molecule has 1 heterocycles. The third kappa shape index (κ3) is 3.80. The topological polar surface area (TPSA) is 34.1 Å². The molecule has 0 amide bonds. The normalized spacial score (nSPS) is 10.6. The molecule has 0 spiro atoms. The summed E-state index contributed by atoms with van der Waals surface area (Å²) in [5.41, 5.74) is 1.20. The van der Waals surface area contributed by atoms with E-state index in [9.17, 15) is 0 Å². The zero-order valence-electron chi connectivity index (χ0n) is 10.1. The molecule has 0 radical (unpaired) electrons. The van der Waals surface area contributed by atoms with Crippen LogP contribution in [0.25, 0.3) is 0 Å². The molecular weight excluding hydrogens is 312 g/mol. The number of ether oxygens (including phenoxy) is 1. The second kappa shape index (κ2) is 6.87.